The monoisotopic (exact) mass is 293 g/mol. The molecule has 1 aromatic rings. The van der Waals surface area contributed by atoms with Crippen molar-refractivity contribution < 1.29 is 4.92 Å². The highest BCUT2D eigenvalue weighted by atomic mass is 16.6. The maximum atomic E-state index is 10.9. The third-order valence-electron chi connectivity index (χ3n) is 4.03. The molecule has 2 rings (SSSR count). The van der Waals surface area contributed by atoms with Crippen molar-refractivity contribution in [1.82, 2.24) is 9.80 Å². The minimum Gasteiger partial charge on any atom is -0.318 e. The smallest absolute Gasteiger partial charge is 0.293 e. The van der Waals surface area contributed by atoms with E-state index in [1.54, 1.807) is 12.1 Å². The molecule has 1 fully saturated rings. The number of hydrazine groups is 1. The lowest BCUT2D eigenvalue weighted by molar-refractivity contribution is -0.384. The van der Waals surface area contributed by atoms with Crippen LogP contribution in [0.3, 0.4) is 0 Å². The molecule has 1 aliphatic heterocycles. The standard InChI is InChI=1S/C14H23N5O2/c1-17(2)12-4-3-7-18(10-12)9-11-5-6-14(19(20)21)13(8-11)16-15/h5-6,8,12,16H,3-4,7,9-10,15H2,1-2H3. The van der Waals surface area contributed by atoms with Gasteiger partial charge in [-0.05, 0) is 45.1 Å². The average molecular weight is 293 g/mol. The summed E-state index contributed by atoms with van der Waals surface area (Å²) in [7, 11) is 4.22. The summed E-state index contributed by atoms with van der Waals surface area (Å²) in [5.41, 5.74) is 3.81. The molecule has 3 N–H and O–H groups in total. The van der Waals surface area contributed by atoms with Crippen LogP contribution in [0.2, 0.25) is 0 Å². The Morgan fingerprint density at radius 1 is 1.52 bits per heavy atom. The fourth-order valence-electron chi connectivity index (χ4n) is 2.81. The molecule has 1 atom stereocenters. The maximum Gasteiger partial charge on any atom is 0.293 e. The third-order valence-corrected chi connectivity index (χ3v) is 4.03. The molecule has 1 heterocycles. The number of likely N-dealkylation sites (N-methyl/N-ethyl adjacent to an activating group) is 1. The second-order valence-corrected chi connectivity index (χ2v) is 5.75. The van der Waals surface area contributed by atoms with E-state index < -0.39 is 4.92 Å². The van der Waals surface area contributed by atoms with Gasteiger partial charge in [0, 0.05) is 25.2 Å². The molecule has 1 saturated heterocycles. The Labute approximate surface area is 124 Å². The van der Waals surface area contributed by atoms with Crippen LogP contribution in [0.4, 0.5) is 11.4 Å². The van der Waals surface area contributed by atoms with Crippen LogP contribution in [0.25, 0.3) is 0 Å². The van der Waals surface area contributed by atoms with Gasteiger partial charge in [0.1, 0.15) is 5.69 Å². The fraction of sp³-hybridized carbons (Fsp3) is 0.571. The van der Waals surface area contributed by atoms with Crippen molar-refractivity contribution in [2.75, 3.05) is 32.6 Å². The molecule has 1 unspecified atom stereocenters. The predicted molar refractivity (Wildman–Crippen MR) is 82.9 cm³/mol. The molecule has 0 amide bonds. The Balaban J connectivity index is 2.07. The van der Waals surface area contributed by atoms with Gasteiger partial charge in [-0.2, -0.15) is 0 Å². The molecule has 0 spiro atoms. The molecule has 0 saturated carbocycles. The van der Waals surface area contributed by atoms with Crippen molar-refractivity contribution in [3.63, 3.8) is 0 Å². The molecule has 1 aromatic carbocycles. The largest absolute Gasteiger partial charge is 0.318 e. The number of nitrogens with zero attached hydrogens (tertiary/aromatic N) is 3. The van der Waals surface area contributed by atoms with Crippen LogP contribution in [0.15, 0.2) is 18.2 Å². The number of nitrogens with one attached hydrogen (secondary N) is 1. The summed E-state index contributed by atoms with van der Waals surface area (Å²) >= 11 is 0. The SMILES string of the molecule is CN(C)C1CCCN(Cc2ccc([N+](=O)[O-])c(NN)c2)C1. The highest BCUT2D eigenvalue weighted by Gasteiger charge is 2.22. The summed E-state index contributed by atoms with van der Waals surface area (Å²) in [4.78, 5) is 15.1. The summed E-state index contributed by atoms with van der Waals surface area (Å²) < 4.78 is 0. The predicted octanol–water partition coefficient (Wildman–Crippen LogP) is 1.41. The highest BCUT2D eigenvalue weighted by molar-refractivity contribution is 5.62. The Kier molecular flexibility index (Phi) is 5.11. The van der Waals surface area contributed by atoms with Crippen LogP contribution >= 0.6 is 0 Å². The van der Waals surface area contributed by atoms with Crippen LogP contribution in [-0.2, 0) is 6.54 Å². The van der Waals surface area contributed by atoms with E-state index in [2.05, 4.69) is 29.3 Å². The molecule has 116 valence electrons. The van der Waals surface area contributed by atoms with Gasteiger partial charge in [0.25, 0.3) is 5.69 Å². The number of hydrogen-bond acceptors (Lipinski definition) is 6. The van der Waals surface area contributed by atoms with E-state index in [1.165, 1.54) is 18.9 Å². The number of nitro groups is 1. The van der Waals surface area contributed by atoms with Crippen molar-refractivity contribution in [1.29, 1.82) is 0 Å². The van der Waals surface area contributed by atoms with Crippen molar-refractivity contribution in [2.45, 2.75) is 25.4 Å². The Bertz CT molecular complexity index is 506. The topological polar surface area (TPSA) is 87.7 Å². The van der Waals surface area contributed by atoms with E-state index in [1.807, 2.05) is 0 Å². The summed E-state index contributed by atoms with van der Waals surface area (Å²) in [5.74, 6) is 5.38. The van der Waals surface area contributed by atoms with Crippen molar-refractivity contribution in [3.8, 4) is 0 Å². The number of benzene rings is 1. The van der Waals surface area contributed by atoms with E-state index in [4.69, 9.17) is 5.84 Å². The summed E-state index contributed by atoms with van der Waals surface area (Å²) in [6.07, 6.45) is 2.40. The summed E-state index contributed by atoms with van der Waals surface area (Å²) in [6, 6.07) is 5.65. The molecule has 0 radical (unpaired) electrons. The fourth-order valence-corrected chi connectivity index (χ4v) is 2.81. The molecule has 7 nitrogen and oxygen atoms in total. The Morgan fingerprint density at radius 3 is 2.90 bits per heavy atom. The van der Waals surface area contributed by atoms with Gasteiger partial charge in [-0.3, -0.25) is 20.9 Å². The number of nitrogens with two attached hydrogens (primary N) is 1. The number of rotatable bonds is 5. The average Bonchev–Trinajstić information content (AvgIpc) is 2.47. The number of hydrogen-bond donors (Lipinski definition) is 2. The summed E-state index contributed by atoms with van der Waals surface area (Å²) in [6.45, 7) is 2.87. The number of anilines is 1. The number of nitro benzene ring substituents is 1. The second-order valence-electron chi connectivity index (χ2n) is 5.75. The zero-order valence-corrected chi connectivity index (χ0v) is 12.6. The van der Waals surface area contributed by atoms with E-state index in [-0.39, 0.29) is 5.69 Å². The molecular weight excluding hydrogens is 270 g/mol. The lowest BCUT2D eigenvalue weighted by Gasteiger charge is -2.36. The van der Waals surface area contributed by atoms with Crippen LogP contribution < -0.4 is 11.3 Å². The quantitative estimate of drug-likeness (QED) is 0.485. The van der Waals surface area contributed by atoms with Crippen LogP contribution in [0.1, 0.15) is 18.4 Å². The first-order valence-corrected chi connectivity index (χ1v) is 7.14. The number of nitrogen functional groups attached to an aromatic ring is 1. The minimum absolute atomic E-state index is 0.00561. The number of piperidine rings is 1. The van der Waals surface area contributed by atoms with Gasteiger partial charge in [0.05, 0.1) is 4.92 Å². The van der Waals surface area contributed by atoms with Crippen LogP contribution in [-0.4, -0.2) is 47.9 Å². The summed E-state index contributed by atoms with van der Waals surface area (Å²) in [5, 5.41) is 10.9. The Morgan fingerprint density at radius 2 is 2.29 bits per heavy atom. The van der Waals surface area contributed by atoms with Gasteiger partial charge in [0.2, 0.25) is 0 Å². The lowest BCUT2D eigenvalue weighted by Crippen LogP contribution is -2.44. The van der Waals surface area contributed by atoms with E-state index in [0.717, 1.165) is 25.2 Å². The zero-order chi connectivity index (χ0) is 15.4. The van der Waals surface area contributed by atoms with Gasteiger partial charge in [0.15, 0.2) is 0 Å². The molecular formula is C14H23N5O2. The van der Waals surface area contributed by atoms with Gasteiger partial charge >= 0.3 is 0 Å². The minimum atomic E-state index is -0.429. The number of likely N-dealkylation sites (tertiary alicyclic amines) is 1. The normalized spacial score (nSPS) is 19.7. The molecule has 7 heteroatoms. The zero-order valence-electron chi connectivity index (χ0n) is 12.6. The van der Waals surface area contributed by atoms with Crippen molar-refractivity contribution in [2.24, 2.45) is 5.84 Å². The van der Waals surface area contributed by atoms with Gasteiger partial charge in [-0.15, -0.1) is 0 Å². The van der Waals surface area contributed by atoms with Gasteiger partial charge in [-0.1, -0.05) is 6.07 Å². The lowest BCUT2D eigenvalue weighted by atomic mass is 10.0. The third kappa shape index (κ3) is 3.90. The van der Waals surface area contributed by atoms with Crippen molar-refractivity contribution >= 4 is 11.4 Å². The second kappa shape index (κ2) is 6.84. The molecule has 0 bridgehead atoms. The Hall–Kier alpha value is -1.70. The molecule has 0 aliphatic carbocycles. The molecule has 21 heavy (non-hydrogen) atoms. The van der Waals surface area contributed by atoms with E-state index in [9.17, 15) is 10.1 Å². The first kappa shape index (κ1) is 15.7. The van der Waals surface area contributed by atoms with Crippen LogP contribution in [0, 0.1) is 10.1 Å². The van der Waals surface area contributed by atoms with Crippen LogP contribution in [0.5, 0.6) is 0 Å². The van der Waals surface area contributed by atoms with Crippen molar-refractivity contribution in [3.05, 3.63) is 33.9 Å². The maximum absolute atomic E-state index is 10.9. The van der Waals surface area contributed by atoms with E-state index in [0.29, 0.717) is 11.7 Å². The molecule has 1 aliphatic rings. The molecule has 0 aromatic heterocycles. The van der Waals surface area contributed by atoms with Gasteiger partial charge in [-0.25, -0.2) is 0 Å². The highest BCUT2D eigenvalue weighted by Crippen LogP contribution is 2.25. The first-order chi connectivity index (χ1) is 10.0. The van der Waals surface area contributed by atoms with E-state index >= 15 is 0 Å². The first-order valence-electron chi connectivity index (χ1n) is 7.14. The van der Waals surface area contributed by atoms with Gasteiger partial charge < -0.3 is 10.3 Å².